The Kier molecular flexibility index (Phi) is 8.37. The van der Waals surface area contributed by atoms with Crippen molar-refractivity contribution in [2.24, 2.45) is 10.7 Å². The number of nitrogens with one attached hydrogen (secondary N) is 1. The maximum absolute atomic E-state index is 13.3. The third-order valence-corrected chi connectivity index (χ3v) is 5.72. The van der Waals surface area contributed by atoms with Gasteiger partial charge in [-0.05, 0) is 48.0 Å². The van der Waals surface area contributed by atoms with Gasteiger partial charge < -0.3 is 15.2 Å². The van der Waals surface area contributed by atoms with Crippen LogP contribution in [0.15, 0.2) is 81.3 Å². The van der Waals surface area contributed by atoms with Gasteiger partial charge in [-0.25, -0.2) is 24.1 Å². The number of benzene rings is 2. The first-order valence-corrected chi connectivity index (χ1v) is 12.0. The predicted molar refractivity (Wildman–Crippen MR) is 141 cm³/mol. The molecule has 1 amide bonds. The second-order valence-electron chi connectivity index (χ2n) is 8.16. The number of nitrogens with two attached hydrogens (primary N) is 1. The van der Waals surface area contributed by atoms with Gasteiger partial charge in [0, 0.05) is 17.6 Å². The predicted octanol–water partition coefficient (Wildman–Crippen LogP) is 2.12. The van der Waals surface area contributed by atoms with Gasteiger partial charge in [0.1, 0.15) is 11.4 Å². The fourth-order valence-corrected chi connectivity index (χ4v) is 3.63. The number of H-pyrrole nitrogens is 1. The summed E-state index contributed by atoms with van der Waals surface area (Å²) in [5.74, 6) is -0.651. The van der Waals surface area contributed by atoms with E-state index >= 15 is 0 Å². The van der Waals surface area contributed by atoms with Gasteiger partial charge in [0.15, 0.2) is 0 Å². The molecule has 3 N–H and O–H groups in total. The molecule has 0 fully saturated rings. The van der Waals surface area contributed by atoms with Gasteiger partial charge in [-0.1, -0.05) is 29.8 Å². The topological polar surface area (TPSA) is 164 Å². The van der Waals surface area contributed by atoms with Crippen molar-refractivity contribution in [3.8, 4) is 11.6 Å². The first-order chi connectivity index (χ1) is 18.7. The summed E-state index contributed by atoms with van der Waals surface area (Å²) in [5, 5.41) is 0.532. The van der Waals surface area contributed by atoms with Crippen LogP contribution in [0, 0.1) is 0 Å². The minimum Gasteiger partial charge on any atom is -0.469 e. The lowest BCUT2D eigenvalue weighted by molar-refractivity contribution is -0.140. The van der Waals surface area contributed by atoms with Gasteiger partial charge >= 0.3 is 17.3 Å². The molecule has 0 saturated heterocycles. The zero-order valence-electron chi connectivity index (χ0n) is 20.7. The van der Waals surface area contributed by atoms with Crippen LogP contribution in [0.25, 0.3) is 0 Å². The Morgan fingerprint density at radius 3 is 2.41 bits per heavy atom. The van der Waals surface area contributed by atoms with E-state index in [-0.39, 0.29) is 36.7 Å². The molecule has 39 heavy (non-hydrogen) atoms. The van der Waals surface area contributed by atoms with E-state index in [1.807, 2.05) is 0 Å². The molecule has 0 aliphatic carbocycles. The second-order valence-corrected chi connectivity index (χ2v) is 8.60. The zero-order valence-corrected chi connectivity index (χ0v) is 21.4. The molecule has 2 heterocycles. The van der Waals surface area contributed by atoms with Crippen molar-refractivity contribution in [3.05, 3.63) is 110 Å². The average molecular weight is 551 g/mol. The third kappa shape index (κ3) is 6.87. The highest BCUT2D eigenvalue weighted by molar-refractivity contribution is 6.30. The summed E-state index contributed by atoms with van der Waals surface area (Å²) < 4.78 is 12.5. The molecule has 13 heteroatoms. The summed E-state index contributed by atoms with van der Waals surface area (Å²) in [7, 11) is 1.23. The number of primary amides is 1. The van der Waals surface area contributed by atoms with Gasteiger partial charge in [0.2, 0.25) is 11.5 Å². The molecule has 0 radical (unpaired) electrons. The smallest absolute Gasteiger partial charge is 0.335 e. The highest BCUT2D eigenvalue weighted by Crippen LogP contribution is 2.22. The number of nitrogens with zero attached hydrogens (tertiary/aromatic N) is 4. The molecule has 2 aromatic heterocycles. The van der Waals surface area contributed by atoms with Crippen LogP contribution in [-0.2, 0) is 22.6 Å². The van der Waals surface area contributed by atoms with Crippen LogP contribution in [0.1, 0.15) is 22.5 Å². The first kappa shape index (κ1) is 27.1. The lowest BCUT2D eigenvalue weighted by Crippen LogP contribution is -2.50. The van der Waals surface area contributed by atoms with E-state index < -0.39 is 23.3 Å². The largest absolute Gasteiger partial charge is 0.469 e. The summed E-state index contributed by atoms with van der Waals surface area (Å²) in [4.78, 5) is 60.1. The van der Waals surface area contributed by atoms with Crippen molar-refractivity contribution < 1.29 is 19.1 Å². The molecule has 12 nitrogen and oxygen atoms in total. The molecular formula is C26H23ClN6O6. The van der Waals surface area contributed by atoms with Crippen LogP contribution < -0.4 is 27.5 Å². The van der Waals surface area contributed by atoms with E-state index in [1.165, 1.54) is 17.7 Å². The van der Waals surface area contributed by atoms with E-state index in [1.54, 1.807) is 60.7 Å². The Hall–Kier alpha value is -4.97. The lowest BCUT2D eigenvalue weighted by Gasteiger charge is -2.11. The third-order valence-electron chi connectivity index (χ3n) is 5.47. The number of halogens is 1. The Morgan fingerprint density at radius 2 is 1.74 bits per heavy atom. The van der Waals surface area contributed by atoms with Gasteiger partial charge in [0.05, 0.1) is 25.8 Å². The molecular weight excluding hydrogens is 528 g/mol. The first-order valence-electron chi connectivity index (χ1n) is 11.6. The number of ether oxygens (including phenoxy) is 2. The van der Waals surface area contributed by atoms with E-state index in [2.05, 4.69) is 19.7 Å². The Labute approximate surface area is 226 Å². The molecule has 0 bridgehead atoms. The average Bonchev–Trinajstić information content (AvgIpc) is 2.92. The van der Waals surface area contributed by atoms with Crippen LogP contribution in [0.3, 0.4) is 0 Å². The molecule has 4 aromatic rings. The summed E-state index contributed by atoms with van der Waals surface area (Å²) in [5.41, 5.74) is 5.08. The molecule has 0 atom stereocenters. The quantitative estimate of drug-likeness (QED) is 0.301. The molecule has 0 aliphatic rings. The monoisotopic (exact) mass is 550 g/mol. The molecule has 0 unspecified atom stereocenters. The number of aromatic nitrogens is 4. The minimum absolute atomic E-state index is 0.00115. The highest BCUT2D eigenvalue weighted by atomic mass is 35.5. The number of esters is 1. The van der Waals surface area contributed by atoms with Crippen molar-refractivity contribution in [1.29, 1.82) is 0 Å². The fraction of sp³-hybridized carbons (Fsp3) is 0.154. The molecule has 4 rings (SSSR count). The minimum atomic E-state index is -0.727. The summed E-state index contributed by atoms with van der Waals surface area (Å²) >= 11 is 5.98. The second kappa shape index (κ2) is 12.0. The number of hydrogen-bond acceptors (Lipinski definition) is 8. The Bertz CT molecular complexity index is 1690. The Morgan fingerprint density at radius 1 is 1.03 bits per heavy atom. The van der Waals surface area contributed by atoms with Crippen molar-refractivity contribution >= 4 is 29.2 Å². The summed E-state index contributed by atoms with van der Waals surface area (Å²) in [6.07, 6.45) is -0.157. The SMILES string of the molecule is COC(=O)CCn1c(=O)[nH]/c(=N\c2ccc(Oc3cccc(C(N)=O)n3)cc2)n(Cc2ccc(Cl)cc2)c1=O. The van der Waals surface area contributed by atoms with Gasteiger partial charge in [-0.15, -0.1) is 0 Å². The summed E-state index contributed by atoms with van der Waals surface area (Å²) in [6, 6.07) is 17.9. The number of methoxy groups -OCH3 is 1. The van der Waals surface area contributed by atoms with Crippen LogP contribution >= 0.6 is 11.6 Å². The standard InChI is InChI=1S/C26H23ClN6O6/c1-38-22(34)13-14-32-25(36)31-24(33(26(32)37)15-16-5-7-17(27)8-6-16)29-18-9-11-19(12-10-18)39-21-4-2-3-20(30-21)23(28)35/h2-12H,13-15H2,1H3,(H2,28,35)(H,29,31,36). The normalized spacial score (nSPS) is 11.3. The lowest BCUT2D eigenvalue weighted by atomic mass is 10.2. The van der Waals surface area contributed by atoms with Crippen LogP contribution in [-0.4, -0.2) is 38.1 Å². The molecule has 0 saturated carbocycles. The molecule has 2 aromatic carbocycles. The highest BCUT2D eigenvalue weighted by Gasteiger charge is 2.12. The van der Waals surface area contributed by atoms with Crippen LogP contribution in [0.4, 0.5) is 5.69 Å². The van der Waals surface area contributed by atoms with Gasteiger partial charge in [-0.2, -0.15) is 0 Å². The number of amides is 1. The summed E-state index contributed by atoms with van der Waals surface area (Å²) in [6.45, 7) is -0.0916. The van der Waals surface area contributed by atoms with Gasteiger partial charge in [-0.3, -0.25) is 19.1 Å². The molecule has 0 spiro atoms. The number of aromatic amines is 1. The van der Waals surface area contributed by atoms with Crippen molar-refractivity contribution in [1.82, 2.24) is 19.1 Å². The van der Waals surface area contributed by atoms with E-state index in [0.717, 1.165) is 10.1 Å². The maximum atomic E-state index is 13.3. The van der Waals surface area contributed by atoms with Gasteiger partial charge in [0.25, 0.3) is 5.91 Å². The van der Waals surface area contributed by atoms with Crippen molar-refractivity contribution in [2.75, 3.05) is 7.11 Å². The fourth-order valence-electron chi connectivity index (χ4n) is 3.50. The van der Waals surface area contributed by atoms with Crippen LogP contribution in [0.2, 0.25) is 5.02 Å². The number of hydrogen-bond donors (Lipinski definition) is 2. The van der Waals surface area contributed by atoms with E-state index in [9.17, 15) is 19.2 Å². The zero-order chi connectivity index (χ0) is 27.9. The maximum Gasteiger partial charge on any atom is 0.335 e. The van der Waals surface area contributed by atoms with Crippen molar-refractivity contribution in [2.45, 2.75) is 19.5 Å². The number of carbonyl (C=O) groups is 2. The molecule has 200 valence electrons. The number of carbonyl (C=O) groups excluding carboxylic acids is 2. The number of rotatable bonds is 9. The van der Waals surface area contributed by atoms with Crippen molar-refractivity contribution in [3.63, 3.8) is 0 Å². The van der Waals surface area contributed by atoms with Crippen LogP contribution in [0.5, 0.6) is 11.6 Å². The number of pyridine rings is 1. The molecule has 0 aliphatic heterocycles. The van der Waals surface area contributed by atoms with E-state index in [0.29, 0.717) is 16.5 Å². The Balaban J connectivity index is 1.69. The van der Waals surface area contributed by atoms with E-state index in [4.69, 9.17) is 22.1 Å².